The molecule has 0 saturated heterocycles. The van der Waals surface area contributed by atoms with Gasteiger partial charge in [0.2, 0.25) is 5.75 Å². The summed E-state index contributed by atoms with van der Waals surface area (Å²) >= 11 is 0. The third-order valence-electron chi connectivity index (χ3n) is 3.79. The van der Waals surface area contributed by atoms with Crippen LogP contribution in [0.1, 0.15) is 37.7 Å². The van der Waals surface area contributed by atoms with Crippen LogP contribution in [0.3, 0.4) is 0 Å². The van der Waals surface area contributed by atoms with Crippen molar-refractivity contribution in [2.45, 2.75) is 44.6 Å². The normalized spacial score (nSPS) is 15.9. The van der Waals surface area contributed by atoms with Crippen LogP contribution in [-0.2, 0) is 6.42 Å². The Morgan fingerprint density at radius 2 is 1.65 bits per heavy atom. The van der Waals surface area contributed by atoms with Crippen LogP contribution in [-0.4, -0.2) is 26.9 Å². The summed E-state index contributed by atoms with van der Waals surface area (Å²) in [4.78, 5) is 0. The van der Waals surface area contributed by atoms with Gasteiger partial charge in [0, 0.05) is 0 Å². The Balaban J connectivity index is 2.24. The van der Waals surface area contributed by atoms with Gasteiger partial charge in [-0.15, -0.1) is 0 Å². The minimum atomic E-state index is 0.270. The smallest absolute Gasteiger partial charge is 0.203 e. The quantitative estimate of drug-likeness (QED) is 0.870. The standard InChI is InChI=1S/C16H25NO3/c1-18-14-10-12(8-9-17)11-15(19-2)16(14)20-13-6-4-3-5-7-13/h10-11,13H,3-9,17H2,1-2H3. The maximum absolute atomic E-state index is 6.15. The van der Waals surface area contributed by atoms with Crippen molar-refractivity contribution >= 4 is 0 Å². The average Bonchev–Trinajstić information content (AvgIpc) is 2.49. The summed E-state index contributed by atoms with van der Waals surface area (Å²) in [6.45, 7) is 0.606. The molecule has 20 heavy (non-hydrogen) atoms. The van der Waals surface area contributed by atoms with E-state index >= 15 is 0 Å². The van der Waals surface area contributed by atoms with Gasteiger partial charge < -0.3 is 19.9 Å². The molecule has 4 nitrogen and oxygen atoms in total. The van der Waals surface area contributed by atoms with E-state index in [4.69, 9.17) is 19.9 Å². The maximum atomic E-state index is 6.15. The zero-order valence-electron chi connectivity index (χ0n) is 12.5. The maximum Gasteiger partial charge on any atom is 0.203 e. The lowest BCUT2D eigenvalue weighted by molar-refractivity contribution is 0.144. The molecular weight excluding hydrogens is 254 g/mol. The predicted molar refractivity (Wildman–Crippen MR) is 79.8 cm³/mol. The molecule has 1 aromatic rings. The van der Waals surface area contributed by atoms with E-state index in [-0.39, 0.29) is 6.10 Å². The van der Waals surface area contributed by atoms with Crippen molar-refractivity contribution in [1.29, 1.82) is 0 Å². The number of benzene rings is 1. The summed E-state index contributed by atoms with van der Waals surface area (Å²) < 4.78 is 17.1. The molecule has 1 saturated carbocycles. The van der Waals surface area contributed by atoms with E-state index in [0.717, 1.165) is 42.1 Å². The van der Waals surface area contributed by atoms with Crippen molar-refractivity contribution in [2.75, 3.05) is 20.8 Å². The van der Waals surface area contributed by atoms with Crippen LogP contribution in [0.25, 0.3) is 0 Å². The molecule has 112 valence electrons. The Labute approximate surface area is 121 Å². The Hall–Kier alpha value is -1.42. The molecule has 0 spiro atoms. The Bertz CT molecular complexity index is 403. The van der Waals surface area contributed by atoms with Gasteiger partial charge in [-0.05, 0) is 56.3 Å². The Morgan fingerprint density at radius 3 is 2.15 bits per heavy atom. The van der Waals surface area contributed by atoms with Crippen molar-refractivity contribution in [3.8, 4) is 17.2 Å². The zero-order valence-corrected chi connectivity index (χ0v) is 12.5. The first kappa shape index (κ1) is 15.0. The minimum absolute atomic E-state index is 0.270. The van der Waals surface area contributed by atoms with Gasteiger partial charge in [-0.3, -0.25) is 0 Å². The van der Waals surface area contributed by atoms with E-state index in [2.05, 4.69) is 0 Å². The summed E-state index contributed by atoms with van der Waals surface area (Å²) in [6.07, 6.45) is 7.07. The van der Waals surface area contributed by atoms with E-state index < -0.39 is 0 Å². The molecule has 0 atom stereocenters. The number of rotatable bonds is 6. The van der Waals surface area contributed by atoms with Crippen molar-refractivity contribution in [1.82, 2.24) is 0 Å². The highest BCUT2D eigenvalue weighted by atomic mass is 16.5. The first-order valence-corrected chi connectivity index (χ1v) is 7.40. The van der Waals surface area contributed by atoms with Crippen LogP contribution < -0.4 is 19.9 Å². The Kier molecular flexibility index (Phi) is 5.53. The lowest BCUT2D eigenvalue weighted by Gasteiger charge is -2.25. The van der Waals surface area contributed by atoms with E-state index in [0.29, 0.717) is 6.54 Å². The van der Waals surface area contributed by atoms with Gasteiger partial charge in [0.15, 0.2) is 11.5 Å². The third kappa shape index (κ3) is 3.57. The van der Waals surface area contributed by atoms with Crippen molar-refractivity contribution in [3.63, 3.8) is 0 Å². The van der Waals surface area contributed by atoms with Gasteiger partial charge in [-0.1, -0.05) is 6.42 Å². The fourth-order valence-electron chi connectivity index (χ4n) is 2.71. The summed E-state index contributed by atoms with van der Waals surface area (Å²) in [6, 6.07) is 3.99. The predicted octanol–water partition coefficient (Wildman–Crippen LogP) is 2.92. The van der Waals surface area contributed by atoms with E-state index in [1.54, 1.807) is 14.2 Å². The number of nitrogens with two attached hydrogens (primary N) is 1. The van der Waals surface area contributed by atoms with Crippen LogP contribution in [0, 0.1) is 0 Å². The lowest BCUT2D eigenvalue weighted by Crippen LogP contribution is -2.20. The molecule has 0 unspecified atom stereocenters. The highest BCUT2D eigenvalue weighted by molar-refractivity contribution is 5.54. The molecule has 1 fully saturated rings. The summed E-state index contributed by atoms with van der Waals surface area (Å²) in [5.41, 5.74) is 6.73. The number of hydrogen-bond acceptors (Lipinski definition) is 4. The highest BCUT2D eigenvalue weighted by Crippen LogP contribution is 2.40. The number of ether oxygens (including phenoxy) is 3. The zero-order chi connectivity index (χ0) is 14.4. The molecule has 0 radical (unpaired) electrons. The summed E-state index contributed by atoms with van der Waals surface area (Å²) in [5, 5.41) is 0. The topological polar surface area (TPSA) is 53.7 Å². The first-order chi connectivity index (χ1) is 9.78. The second kappa shape index (κ2) is 7.39. The molecule has 2 rings (SSSR count). The van der Waals surface area contributed by atoms with Crippen LogP contribution >= 0.6 is 0 Å². The minimum Gasteiger partial charge on any atom is -0.493 e. The molecule has 1 aromatic carbocycles. The van der Waals surface area contributed by atoms with Crippen molar-refractivity contribution in [2.24, 2.45) is 5.73 Å². The molecule has 0 heterocycles. The fraction of sp³-hybridized carbons (Fsp3) is 0.625. The largest absolute Gasteiger partial charge is 0.493 e. The Morgan fingerprint density at radius 1 is 1.05 bits per heavy atom. The molecular formula is C16H25NO3. The van der Waals surface area contributed by atoms with Crippen LogP contribution in [0.2, 0.25) is 0 Å². The lowest BCUT2D eigenvalue weighted by atomic mass is 9.98. The molecule has 1 aliphatic rings. The fourth-order valence-corrected chi connectivity index (χ4v) is 2.71. The van der Waals surface area contributed by atoms with Gasteiger partial charge in [0.25, 0.3) is 0 Å². The molecule has 0 amide bonds. The molecule has 0 aromatic heterocycles. The SMILES string of the molecule is COc1cc(CCN)cc(OC)c1OC1CCCCC1. The van der Waals surface area contributed by atoms with Crippen LogP contribution in [0.5, 0.6) is 17.2 Å². The molecule has 4 heteroatoms. The van der Waals surface area contributed by atoms with Gasteiger partial charge >= 0.3 is 0 Å². The molecule has 1 aliphatic carbocycles. The first-order valence-electron chi connectivity index (χ1n) is 7.40. The van der Waals surface area contributed by atoms with Gasteiger partial charge in [0.05, 0.1) is 20.3 Å². The van der Waals surface area contributed by atoms with Crippen molar-refractivity contribution < 1.29 is 14.2 Å². The van der Waals surface area contributed by atoms with E-state index in [9.17, 15) is 0 Å². The number of methoxy groups -OCH3 is 2. The van der Waals surface area contributed by atoms with E-state index in [1.807, 2.05) is 12.1 Å². The van der Waals surface area contributed by atoms with Crippen molar-refractivity contribution in [3.05, 3.63) is 17.7 Å². The van der Waals surface area contributed by atoms with Crippen LogP contribution in [0.15, 0.2) is 12.1 Å². The van der Waals surface area contributed by atoms with Gasteiger partial charge in [-0.25, -0.2) is 0 Å². The average molecular weight is 279 g/mol. The van der Waals surface area contributed by atoms with Gasteiger partial charge in [0.1, 0.15) is 0 Å². The molecule has 2 N–H and O–H groups in total. The molecule has 0 bridgehead atoms. The summed E-state index contributed by atoms with van der Waals surface area (Å²) in [5.74, 6) is 2.19. The van der Waals surface area contributed by atoms with E-state index in [1.165, 1.54) is 19.3 Å². The van der Waals surface area contributed by atoms with Crippen LogP contribution in [0.4, 0.5) is 0 Å². The summed E-state index contributed by atoms with van der Waals surface area (Å²) in [7, 11) is 3.32. The third-order valence-corrected chi connectivity index (χ3v) is 3.79. The molecule has 0 aliphatic heterocycles. The number of hydrogen-bond donors (Lipinski definition) is 1. The van der Waals surface area contributed by atoms with Gasteiger partial charge in [-0.2, -0.15) is 0 Å². The highest BCUT2D eigenvalue weighted by Gasteiger charge is 2.20. The second-order valence-electron chi connectivity index (χ2n) is 5.25. The second-order valence-corrected chi connectivity index (χ2v) is 5.25. The monoisotopic (exact) mass is 279 g/mol.